The van der Waals surface area contributed by atoms with Gasteiger partial charge in [0.15, 0.2) is 0 Å². The number of phenolic OH excluding ortho intramolecular Hbond substituents is 1. The summed E-state index contributed by atoms with van der Waals surface area (Å²) in [5.74, 6) is 1.05. The van der Waals surface area contributed by atoms with Crippen molar-refractivity contribution in [2.45, 2.75) is 40.5 Å². The van der Waals surface area contributed by atoms with Crippen LogP contribution in [-0.2, 0) is 12.8 Å². The van der Waals surface area contributed by atoms with E-state index in [1.54, 1.807) is 7.11 Å². The Hall–Kier alpha value is -2.74. The molecule has 0 spiro atoms. The molecule has 142 valence electrons. The van der Waals surface area contributed by atoms with Gasteiger partial charge in [0.2, 0.25) is 0 Å². The first kappa shape index (κ1) is 20.6. The average Bonchev–Trinajstić information content (AvgIpc) is 2.64. The lowest BCUT2D eigenvalue weighted by Gasteiger charge is -2.16. The Morgan fingerprint density at radius 3 is 2.04 bits per heavy atom. The molecule has 0 heterocycles. The third-order valence-corrected chi connectivity index (χ3v) is 4.41. The number of hydrogen-bond donors (Lipinski definition) is 1. The van der Waals surface area contributed by atoms with E-state index in [4.69, 9.17) is 4.74 Å². The summed E-state index contributed by atoms with van der Waals surface area (Å²) in [7, 11) is 1.65. The van der Waals surface area contributed by atoms with Gasteiger partial charge in [-0.3, -0.25) is 0 Å². The highest BCUT2D eigenvalue weighted by Crippen LogP contribution is 2.36. The molecular weight excluding hydrogens is 332 g/mol. The SMILES string of the molecule is COc1cc(C=Cc2ccccc2)c(CC=C(C)C)c(O)c1CC=C(C)C. The fraction of sp³-hybridized carbons (Fsp3) is 0.280. The minimum absolute atomic E-state index is 0.331. The first-order chi connectivity index (χ1) is 12.9. The molecule has 27 heavy (non-hydrogen) atoms. The molecule has 0 bridgehead atoms. The quantitative estimate of drug-likeness (QED) is 0.445. The fourth-order valence-electron chi connectivity index (χ4n) is 2.86. The van der Waals surface area contributed by atoms with E-state index in [1.165, 1.54) is 11.1 Å². The smallest absolute Gasteiger partial charge is 0.126 e. The van der Waals surface area contributed by atoms with Gasteiger partial charge in [0.1, 0.15) is 11.5 Å². The van der Waals surface area contributed by atoms with Gasteiger partial charge >= 0.3 is 0 Å². The van der Waals surface area contributed by atoms with Crippen molar-refractivity contribution in [3.63, 3.8) is 0 Å². The molecule has 0 aliphatic carbocycles. The van der Waals surface area contributed by atoms with Crippen molar-refractivity contribution in [1.82, 2.24) is 0 Å². The molecule has 2 aromatic rings. The zero-order valence-electron chi connectivity index (χ0n) is 17.0. The van der Waals surface area contributed by atoms with E-state index in [0.717, 1.165) is 28.0 Å². The number of hydrogen-bond acceptors (Lipinski definition) is 2. The first-order valence-electron chi connectivity index (χ1n) is 9.34. The van der Waals surface area contributed by atoms with Gasteiger partial charge in [-0.25, -0.2) is 0 Å². The van der Waals surface area contributed by atoms with E-state index in [2.05, 4.69) is 64.1 Å². The molecule has 0 atom stereocenters. The summed E-state index contributed by atoms with van der Waals surface area (Å²) in [6.07, 6.45) is 9.72. The van der Waals surface area contributed by atoms with Crippen LogP contribution in [0.1, 0.15) is 49.9 Å². The average molecular weight is 363 g/mol. The van der Waals surface area contributed by atoms with Crippen molar-refractivity contribution >= 4 is 12.2 Å². The van der Waals surface area contributed by atoms with E-state index < -0.39 is 0 Å². The Balaban J connectivity index is 2.55. The summed E-state index contributed by atoms with van der Waals surface area (Å²) in [5.41, 5.74) is 6.32. The standard InChI is InChI=1S/C25H30O2/c1-18(2)11-15-22-21(14-13-20-9-7-6-8-10-20)17-24(27-5)23(25(22)26)16-12-19(3)4/h6-14,17,26H,15-16H2,1-5H3. The maximum atomic E-state index is 11.0. The summed E-state index contributed by atoms with van der Waals surface area (Å²) in [4.78, 5) is 0. The van der Waals surface area contributed by atoms with Crippen LogP contribution >= 0.6 is 0 Å². The van der Waals surface area contributed by atoms with Crippen LogP contribution in [0.3, 0.4) is 0 Å². The Kier molecular flexibility index (Phi) is 7.48. The largest absolute Gasteiger partial charge is 0.507 e. The van der Waals surface area contributed by atoms with Gasteiger partial charge in [-0.05, 0) is 57.7 Å². The van der Waals surface area contributed by atoms with Gasteiger partial charge in [-0.2, -0.15) is 0 Å². The van der Waals surface area contributed by atoms with Crippen molar-refractivity contribution in [3.05, 3.63) is 82.0 Å². The van der Waals surface area contributed by atoms with Gasteiger partial charge in [0.05, 0.1) is 7.11 Å². The van der Waals surface area contributed by atoms with Crippen molar-refractivity contribution < 1.29 is 9.84 Å². The van der Waals surface area contributed by atoms with Crippen LogP contribution in [0.15, 0.2) is 59.7 Å². The number of methoxy groups -OCH3 is 1. The second-order valence-electron chi connectivity index (χ2n) is 7.19. The number of ether oxygens (including phenoxy) is 1. The van der Waals surface area contributed by atoms with E-state index in [9.17, 15) is 5.11 Å². The van der Waals surface area contributed by atoms with Gasteiger partial charge in [-0.1, -0.05) is 65.8 Å². The minimum atomic E-state index is 0.331. The summed E-state index contributed by atoms with van der Waals surface area (Å²) in [5, 5.41) is 11.0. The van der Waals surface area contributed by atoms with Crippen LogP contribution in [0.5, 0.6) is 11.5 Å². The molecule has 0 fully saturated rings. The van der Waals surface area contributed by atoms with Crippen LogP contribution in [0, 0.1) is 0 Å². The summed E-state index contributed by atoms with van der Waals surface area (Å²) in [6.45, 7) is 8.27. The molecule has 0 amide bonds. The normalized spacial score (nSPS) is 10.7. The van der Waals surface area contributed by atoms with Crippen molar-refractivity contribution in [3.8, 4) is 11.5 Å². The Morgan fingerprint density at radius 1 is 0.889 bits per heavy atom. The van der Waals surface area contributed by atoms with Crippen LogP contribution in [0.25, 0.3) is 12.2 Å². The molecule has 0 aromatic heterocycles. The fourth-order valence-corrected chi connectivity index (χ4v) is 2.86. The van der Waals surface area contributed by atoms with Gasteiger partial charge < -0.3 is 9.84 Å². The summed E-state index contributed by atoms with van der Waals surface area (Å²) >= 11 is 0. The topological polar surface area (TPSA) is 29.5 Å². The molecule has 1 N–H and O–H groups in total. The monoisotopic (exact) mass is 362 g/mol. The minimum Gasteiger partial charge on any atom is -0.507 e. The summed E-state index contributed by atoms with van der Waals surface area (Å²) in [6, 6.07) is 12.2. The second kappa shape index (κ2) is 9.82. The third-order valence-electron chi connectivity index (χ3n) is 4.41. The number of phenols is 1. The maximum Gasteiger partial charge on any atom is 0.126 e. The molecule has 0 saturated heterocycles. The molecule has 0 aliphatic rings. The Morgan fingerprint density at radius 2 is 1.48 bits per heavy atom. The van der Waals surface area contributed by atoms with E-state index in [0.29, 0.717) is 18.6 Å². The molecule has 2 heteroatoms. The molecule has 2 rings (SSSR count). The predicted octanol–water partition coefficient (Wildman–Crippen LogP) is 6.59. The van der Waals surface area contributed by atoms with E-state index in [-0.39, 0.29) is 0 Å². The van der Waals surface area contributed by atoms with Crippen molar-refractivity contribution in [2.75, 3.05) is 7.11 Å². The van der Waals surface area contributed by atoms with Gasteiger partial charge in [0.25, 0.3) is 0 Å². The Bertz CT molecular complexity index is 848. The molecule has 0 saturated carbocycles. The van der Waals surface area contributed by atoms with Crippen molar-refractivity contribution in [1.29, 1.82) is 0 Å². The van der Waals surface area contributed by atoms with Crippen molar-refractivity contribution in [2.24, 2.45) is 0 Å². The zero-order chi connectivity index (χ0) is 19.8. The van der Waals surface area contributed by atoms with Crippen LogP contribution in [0.2, 0.25) is 0 Å². The van der Waals surface area contributed by atoms with Crippen LogP contribution < -0.4 is 4.74 Å². The molecular formula is C25H30O2. The summed E-state index contributed by atoms with van der Waals surface area (Å²) < 4.78 is 5.59. The number of rotatable bonds is 7. The van der Waals surface area contributed by atoms with Gasteiger partial charge in [0, 0.05) is 11.1 Å². The van der Waals surface area contributed by atoms with Crippen LogP contribution in [-0.4, -0.2) is 12.2 Å². The maximum absolute atomic E-state index is 11.0. The molecule has 0 radical (unpaired) electrons. The Labute approximate surface area is 163 Å². The molecule has 0 unspecified atom stereocenters. The highest BCUT2D eigenvalue weighted by Gasteiger charge is 2.16. The molecule has 2 nitrogen and oxygen atoms in total. The highest BCUT2D eigenvalue weighted by atomic mass is 16.5. The third kappa shape index (κ3) is 5.89. The number of allylic oxidation sites excluding steroid dienone is 4. The lowest BCUT2D eigenvalue weighted by molar-refractivity contribution is 0.400. The van der Waals surface area contributed by atoms with E-state index >= 15 is 0 Å². The van der Waals surface area contributed by atoms with E-state index in [1.807, 2.05) is 24.3 Å². The second-order valence-corrected chi connectivity index (χ2v) is 7.19. The predicted molar refractivity (Wildman–Crippen MR) is 116 cm³/mol. The number of benzene rings is 2. The highest BCUT2D eigenvalue weighted by molar-refractivity contribution is 5.74. The van der Waals surface area contributed by atoms with Crippen LogP contribution in [0.4, 0.5) is 0 Å². The zero-order valence-corrected chi connectivity index (χ0v) is 17.0. The number of aromatic hydroxyl groups is 1. The lowest BCUT2D eigenvalue weighted by atomic mass is 9.95. The lowest BCUT2D eigenvalue weighted by Crippen LogP contribution is -1.99. The van der Waals surface area contributed by atoms with Gasteiger partial charge in [-0.15, -0.1) is 0 Å². The first-order valence-corrected chi connectivity index (χ1v) is 9.34. The molecule has 0 aliphatic heterocycles. The molecule has 2 aromatic carbocycles.